The number of amides is 4. The third-order valence-corrected chi connectivity index (χ3v) is 9.13. The monoisotopic (exact) mass is 600 g/mol. The number of unbranched alkanes of at least 4 members (excludes halogenated alkanes) is 1. The minimum atomic E-state index is -0.898. The van der Waals surface area contributed by atoms with Crippen molar-refractivity contribution in [2.24, 2.45) is 5.92 Å². The maximum Gasteiger partial charge on any atom is 0.326 e. The Labute approximate surface area is 255 Å². The Morgan fingerprint density at radius 3 is 2.56 bits per heavy atom. The molecular formula is C32H50N5O6+. The van der Waals surface area contributed by atoms with E-state index >= 15 is 0 Å². The normalized spacial score (nSPS) is 22.6. The van der Waals surface area contributed by atoms with Gasteiger partial charge in [-0.15, -0.1) is 0 Å². The maximum atomic E-state index is 13.8. The van der Waals surface area contributed by atoms with Gasteiger partial charge in [0.1, 0.15) is 5.75 Å². The number of ether oxygens (including phenoxy) is 1. The standard InChI is InChI=1S/C32H49N5O6/c1-6-7-14-34(15-8-18-37(3,4)5)29(39)22-36-21-25(23-9-10-27-24(20-23)13-19-43-27)30(31(40)41)26(36)11-16-35-17-12-28(38)33(2)32(35)42/h9-10,20,25-26,30H,6-8,11-19,21-22H2,1-5H3/p+1/t25-,26+,30-/m1/s1. The largest absolute Gasteiger partial charge is 0.493 e. The second-order valence-corrected chi connectivity index (χ2v) is 13.3. The van der Waals surface area contributed by atoms with Gasteiger partial charge in [0.2, 0.25) is 11.8 Å². The van der Waals surface area contributed by atoms with Crippen molar-refractivity contribution >= 4 is 23.8 Å². The van der Waals surface area contributed by atoms with Crippen LogP contribution in [0.3, 0.4) is 0 Å². The van der Waals surface area contributed by atoms with Crippen molar-refractivity contribution in [2.75, 3.05) is 80.6 Å². The molecule has 11 nitrogen and oxygen atoms in total. The molecule has 0 spiro atoms. The van der Waals surface area contributed by atoms with Crippen LogP contribution in [-0.2, 0) is 20.8 Å². The highest BCUT2D eigenvalue weighted by Crippen LogP contribution is 2.41. The molecule has 238 valence electrons. The molecule has 0 aromatic heterocycles. The van der Waals surface area contributed by atoms with E-state index in [0.29, 0.717) is 45.8 Å². The van der Waals surface area contributed by atoms with Crippen molar-refractivity contribution in [1.82, 2.24) is 19.6 Å². The molecule has 0 aliphatic carbocycles. The highest BCUT2D eigenvalue weighted by molar-refractivity contribution is 5.96. The van der Waals surface area contributed by atoms with Crippen LogP contribution in [0.5, 0.6) is 5.75 Å². The lowest BCUT2D eigenvalue weighted by atomic mass is 9.83. The number of quaternary nitrogens is 1. The minimum Gasteiger partial charge on any atom is -0.493 e. The smallest absolute Gasteiger partial charge is 0.326 e. The summed E-state index contributed by atoms with van der Waals surface area (Å²) < 4.78 is 6.51. The highest BCUT2D eigenvalue weighted by atomic mass is 16.5. The molecule has 2 fully saturated rings. The molecule has 4 amide bonds. The fraction of sp³-hybridized carbons (Fsp3) is 0.688. The van der Waals surface area contributed by atoms with Gasteiger partial charge in [-0.1, -0.05) is 25.5 Å². The molecule has 3 heterocycles. The first-order chi connectivity index (χ1) is 20.4. The third kappa shape index (κ3) is 8.06. The number of imide groups is 1. The number of benzene rings is 1. The summed E-state index contributed by atoms with van der Waals surface area (Å²) in [4.78, 5) is 58.3. The van der Waals surface area contributed by atoms with Gasteiger partial charge in [-0.25, -0.2) is 4.79 Å². The lowest BCUT2D eigenvalue weighted by Crippen LogP contribution is -2.52. The summed E-state index contributed by atoms with van der Waals surface area (Å²) in [6.45, 7) is 6.27. The molecule has 4 rings (SSSR count). The van der Waals surface area contributed by atoms with Crippen molar-refractivity contribution in [3.8, 4) is 5.75 Å². The van der Waals surface area contributed by atoms with E-state index in [1.165, 1.54) is 7.05 Å². The number of carboxylic acids is 1. The minimum absolute atomic E-state index is 0.0198. The molecule has 11 heteroatoms. The fourth-order valence-corrected chi connectivity index (χ4v) is 6.66. The molecule has 1 aromatic rings. The molecule has 0 bridgehead atoms. The summed E-state index contributed by atoms with van der Waals surface area (Å²) in [5.74, 6) is -1.29. The van der Waals surface area contributed by atoms with Crippen LogP contribution >= 0.6 is 0 Å². The van der Waals surface area contributed by atoms with Gasteiger partial charge in [-0.3, -0.25) is 24.2 Å². The van der Waals surface area contributed by atoms with E-state index in [1.54, 1.807) is 4.90 Å². The van der Waals surface area contributed by atoms with Gasteiger partial charge >= 0.3 is 12.0 Å². The molecule has 1 aromatic carbocycles. The summed E-state index contributed by atoms with van der Waals surface area (Å²) >= 11 is 0. The number of rotatable bonds is 14. The first-order valence-electron chi connectivity index (χ1n) is 15.8. The number of urea groups is 1. The molecular weight excluding hydrogens is 550 g/mol. The maximum absolute atomic E-state index is 13.8. The molecule has 0 unspecified atom stereocenters. The Bertz CT molecular complexity index is 1180. The van der Waals surface area contributed by atoms with Crippen LogP contribution in [0.4, 0.5) is 4.79 Å². The van der Waals surface area contributed by atoms with E-state index in [9.17, 15) is 24.3 Å². The quantitative estimate of drug-likeness (QED) is 0.327. The Hall–Kier alpha value is -3.18. The van der Waals surface area contributed by atoms with Gasteiger partial charge in [-0.05, 0) is 30.0 Å². The number of fused-ring (bicyclic) bond motifs is 1. The number of carbonyl (C=O) groups excluding carboxylic acids is 3. The third-order valence-electron chi connectivity index (χ3n) is 9.13. The van der Waals surface area contributed by atoms with Gasteiger partial charge in [-0.2, -0.15) is 0 Å². The number of likely N-dealkylation sites (tertiary alicyclic amines) is 1. The van der Waals surface area contributed by atoms with Crippen LogP contribution in [-0.4, -0.2) is 140 Å². The van der Waals surface area contributed by atoms with Crippen molar-refractivity contribution in [3.63, 3.8) is 0 Å². The van der Waals surface area contributed by atoms with E-state index in [0.717, 1.165) is 58.5 Å². The van der Waals surface area contributed by atoms with E-state index in [2.05, 4.69) is 34.1 Å². The summed E-state index contributed by atoms with van der Waals surface area (Å²) in [5.41, 5.74) is 2.03. The molecule has 2 saturated heterocycles. The SMILES string of the molecule is CCCCN(CCC[N+](C)(C)C)C(=O)CN1C[C@H](c2ccc3c(c2)CCO3)[C@@H](C(=O)O)[C@@H]1CCN1CCC(=O)N(C)C1=O. The zero-order valence-corrected chi connectivity index (χ0v) is 26.6. The topological polar surface area (TPSA) is 111 Å². The molecule has 0 saturated carbocycles. The van der Waals surface area contributed by atoms with Gasteiger partial charge < -0.3 is 24.1 Å². The van der Waals surface area contributed by atoms with Crippen molar-refractivity contribution in [2.45, 2.75) is 57.4 Å². The van der Waals surface area contributed by atoms with E-state index < -0.39 is 17.9 Å². The Morgan fingerprint density at radius 2 is 1.86 bits per heavy atom. The molecule has 43 heavy (non-hydrogen) atoms. The van der Waals surface area contributed by atoms with Gasteiger partial charge in [0.05, 0.1) is 46.8 Å². The zero-order chi connectivity index (χ0) is 31.3. The number of carboxylic acid groups (broad SMARTS) is 1. The van der Waals surface area contributed by atoms with Crippen LogP contribution in [0.15, 0.2) is 18.2 Å². The number of carbonyl (C=O) groups is 4. The predicted octanol–water partition coefficient (Wildman–Crippen LogP) is 2.49. The predicted molar refractivity (Wildman–Crippen MR) is 163 cm³/mol. The summed E-state index contributed by atoms with van der Waals surface area (Å²) in [6, 6.07) is 5.16. The lowest BCUT2D eigenvalue weighted by Gasteiger charge is -2.35. The summed E-state index contributed by atoms with van der Waals surface area (Å²) in [6.07, 6.45) is 4.24. The first-order valence-corrected chi connectivity index (χ1v) is 15.8. The van der Waals surface area contributed by atoms with Crippen LogP contribution in [0, 0.1) is 5.92 Å². The summed E-state index contributed by atoms with van der Waals surface area (Å²) in [7, 11) is 7.91. The highest BCUT2D eigenvalue weighted by Gasteiger charge is 2.47. The van der Waals surface area contributed by atoms with E-state index in [-0.39, 0.29) is 36.7 Å². The van der Waals surface area contributed by atoms with Crippen LogP contribution < -0.4 is 4.74 Å². The van der Waals surface area contributed by atoms with Crippen LogP contribution in [0.25, 0.3) is 0 Å². The number of hydrogen-bond donors (Lipinski definition) is 1. The Morgan fingerprint density at radius 1 is 1.12 bits per heavy atom. The average Bonchev–Trinajstić information content (AvgIpc) is 3.56. The van der Waals surface area contributed by atoms with Gasteiger partial charge in [0.25, 0.3) is 0 Å². The number of hydrogen-bond acceptors (Lipinski definition) is 6. The van der Waals surface area contributed by atoms with Crippen molar-refractivity contribution in [3.05, 3.63) is 29.3 Å². The van der Waals surface area contributed by atoms with E-state index in [4.69, 9.17) is 4.74 Å². The Balaban J connectivity index is 1.57. The van der Waals surface area contributed by atoms with E-state index in [1.807, 2.05) is 21.9 Å². The van der Waals surface area contributed by atoms with Crippen LogP contribution in [0.2, 0.25) is 0 Å². The van der Waals surface area contributed by atoms with Gasteiger partial charge in [0, 0.05) is 71.0 Å². The van der Waals surface area contributed by atoms with Gasteiger partial charge in [0.15, 0.2) is 0 Å². The Kier molecular flexibility index (Phi) is 10.7. The molecule has 3 aliphatic heterocycles. The fourth-order valence-electron chi connectivity index (χ4n) is 6.66. The average molecular weight is 601 g/mol. The van der Waals surface area contributed by atoms with Crippen LogP contribution in [0.1, 0.15) is 56.1 Å². The molecule has 3 aliphatic rings. The zero-order valence-electron chi connectivity index (χ0n) is 26.6. The summed E-state index contributed by atoms with van der Waals surface area (Å²) in [5, 5.41) is 10.6. The first kappa shape index (κ1) is 32.7. The molecule has 3 atom stereocenters. The molecule has 1 N–H and O–H groups in total. The van der Waals surface area contributed by atoms with Crippen molar-refractivity contribution in [1.29, 1.82) is 0 Å². The second kappa shape index (κ2) is 14.1. The lowest BCUT2D eigenvalue weighted by molar-refractivity contribution is -0.870. The number of aliphatic carboxylic acids is 1. The number of nitrogens with zero attached hydrogens (tertiary/aromatic N) is 5. The second-order valence-electron chi connectivity index (χ2n) is 13.3. The van der Waals surface area contributed by atoms with Crippen molar-refractivity contribution < 1.29 is 33.5 Å². The molecule has 0 radical (unpaired) electrons.